The number of pyridine rings is 1. The Morgan fingerprint density at radius 2 is 1.63 bits per heavy atom. The van der Waals surface area contributed by atoms with Gasteiger partial charge in [0.2, 0.25) is 0 Å². The smallest absolute Gasteiger partial charge is 0.339 e. The number of ether oxygens (including phenoxy) is 3. The average Bonchev–Trinajstić information content (AvgIpc) is 2.90. The molecule has 1 aromatic heterocycles. The fourth-order valence-electron chi connectivity index (χ4n) is 3.93. The minimum atomic E-state index is -0.432. The van der Waals surface area contributed by atoms with Gasteiger partial charge in [0.15, 0.2) is 0 Å². The number of methoxy groups -OCH3 is 1. The predicted octanol–water partition coefficient (Wildman–Crippen LogP) is 6.95. The van der Waals surface area contributed by atoms with Gasteiger partial charge in [0, 0.05) is 10.9 Å². The van der Waals surface area contributed by atoms with Crippen LogP contribution in [0.1, 0.15) is 10.4 Å². The van der Waals surface area contributed by atoms with Gasteiger partial charge in [-0.05, 0) is 53.2 Å². The van der Waals surface area contributed by atoms with E-state index in [9.17, 15) is 4.79 Å². The quantitative estimate of drug-likeness (QED) is 0.185. The predicted molar refractivity (Wildman–Crippen MR) is 138 cm³/mol. The van der Waals surface area contributed by atoms with E-state index < -0.39 is 5.97 Å². The molecular weight excluding hydrogens is 462 g/mol. The van der Waals surface area contributed by atoms with E-state index in [1.165, 1.54) is 0 Å². The number of benzene rings is 4. The van der Waals surface area contributed by atoms with Crippen LogP contribution in [0.25, 0.3) is 32.9 Å². The Morgan fingerprint density at radius 1 is 0.857 bits per heavy atom. The van der Waals surface area contributed by atoms with Crippen LogP contribution in [0, 0.1) is 0 Å². The van der Waals surface area contributed by atoms with Crippen molar-refractivity contribution < 1.29 is 19.0 Å². The molecule has 0 saturated heterocycles. The minimum Gasteiger partial charge on any atom is -0.497 e. The number of rotatable bonds is 7. The van der Waals surface area contributed by atoms with Gasteiger partial charge in [0.1, 0.15) is 24.7 Å². The molecule has 5 rings (SSSR count). The Bertz CT molecular complexity index is 1530. The molecule has 1 heterocycles. The average molecular weight is 484 g/mol. The number of halogens is 1. The molecule has 0 fully saturated rings. The largest absolute Gasteiger partial charge is 0.497 e. The van der Waals surface area contributed by atoms with Crippen molar-refractivity contribution >= 4 is 39.2 Å². The second-order valence-electron chi connectivity index (χ2n) is 7.91. The van der Waals surface area contributed by atoms with Crippen molar-refractivity contribution in [1.82, 2.24) is 4.98 Å². The van der Waals surface area contributed by atoms with Crippen molar-refractivity contribution in [2.24, 2.45) is 0 Å². The number of para-hydroxylation sites is 2. The Kier molecular flexibility index (Phi) is 6.51. The van der Waals surface area contributed by atoms with E-state index in [1.54, 1.807) is 25.3 Å². The second kappa shape index (κ2) is 10.0. The van der Waals surface area contributed by atoms with Crippen LogP contribution in [-0.2, 0) is 4.74 Å². The first kappa shape index (κ1) is 22.7. The number of nitrogens with zero attached hydrogens (tertiary/aromatic N) is 1. The first-order valence-electron chi connectivity index (χ1n) is 11.1. The van der Waals surface area contributed by atoms with Crippen molar-refractivity contribution in [1.29, 1.82) is 0 Å². The van der Waals surface area contributed by atoms with Crippen LogP contribution in [0.4, 0.5) is 0 Å². The van der Waals surface area contributed by atoms with E-state index in [2.05, 4.69) is 6.07 Å². The van der Waals surface area contributed by atoms with Gasteiger partial charge in [-0.3, -0.25) is 0 Å². The maximum Gasteiger partial charge on any atom is 0.339 e. The third-order valence-electron chi connectivity index (χ3n) is 5.69. The van der Waals surface area contributed by atoms with E-state index in [0.717, 1.165) is 33.0 Å². The summed E-state index contributed by atoms with van der Waals surface area (Å²) < 4.78 is 16.5. The maximum absolute atomic E-state index is 13.1. The third kappa shape index (κ3) is 4.91. The molecule has 6 heteroatoms. The molecule has 0 unspecified atom stereocenters. The molecule has 0 atom stereocenters. The van der Waals surface area contributed by atoms with Crippen molar-refractivity contribution in [3.05, 3.63) is 102 Å². The second-order valence-corrected chi connectivity index (χ2v) is 8.32. The zero-order valence-corrected chi connectivity index (χ0v) is 19.8. The lowest BCUT2D eigenvalue weighted by Gasteiger charge is -2.12. The van der Waals surface area contributed by atoms with Gasteiger partial charge in [-0.25, -0.2) is 9.78 Å². The molecule has 0 aliphatic heterocycles. The summed E-state index contributed by atoms with van der Waals surface area (Å²) in [7, 11) is 1.65. The van der Waals surface area contributed by atoms with E-state index in [1.807, 2.05) is 66.7 Å². The monoisotopic (exact) mass is 483 g/mol. The highest BCUT2D eigenvalue weighted by Gasteiger charge is 2.16. The summed E-state index contributed by atoms with van der Waals surface area (Å²) >= 11 is 6.11. The topological polar surface area (TPSA) is 57.7 Å². The summed E-state index contributed by atoms with van der Waals surface area (Å²) in [6.45, 7) is 0.285. The van der Waals surface area contributed by atoms with E-state index in [-0.39, 0.29) is 13.2 Å². The molecule has 0 radical (unpaired) electrons. The maximum atomic E-state index is 13.1. The van der Waals surface area contributed by atoms with Crippen LogP contribution in [0.3, 0.4) is 0 Å². The number of carbonyl (C=O) groups excluding carboxylic acids is 1. The van der Waals surface area contributed by atoms with Crippen molar-refractivity contribution in [2.75, 3.05) is 20.3 Å². The Labute approximate surface area is 207 Å². The standard InChI is InChI=1S/C29H22ClNO4/c1-33-22-13-12-19-16-21(11-10-20(19)17-22)27-18-24(23-6-2-4-8-26(23)31-27)29(32)35-15-14-34-28-9-5-3-7-25(28)30/h2-13,16-18H,14-15H2,1H3. The Balaban J connectivity index is 1.41. The normalized spacial score (nSPS) is 10.9. The van der Waals surface area contributed by atoms with Crippen LogP contribution in [0.2, 0.25) is 5.02 Å². The molecule has 0 amide bonds. The van der Waals surface area contributed by atoms with Gasteiger partial charge in [-0.1, -0.05) is 60.1 Å². The third-order valence-corrected chi connectivity index (χ3v) is 6.00. The summed E-state index contributed by atoms with van der Waals surface area (Å²) in [5.74, 6) is 0.923. The number of hydrogen-bond donors (Lipinski definition) is 0. The van der Waals surface area contributed by atoms with Gasteiger partial charge in [0.25, 0.3) is 0 Å². The summed E-state index contributed by atoms with van der Waals surface area (Å²) in [6, 6.07) is 28.5. The van der Waals surface area contributed by atoms with Crippen molar-refractivity contribution in [2.45, 2.75) is 0 Å². The van der Waals surface area contributed by atoms with Gasteiger partial charge in [-0.2, -0.15) is 0 Å². The molecule has 174 valence electrons. The summed E-state index contributed by atoms with van der Waals surface area (Å²) in [4.78, 5) is 17.9. The number of esters is 1. The molecule has 0 bridgehead atoms. The highest BCUT2D eigenvalue weighted by molar-refractivity contribution is 6.32. The number of carbonyl (C=O) groups is 1. The highest BCUT2D eigenvalue weighted by Crippen LogP contribution is 2.29. The first-order valence-corrected chi connectivity index (χ1v) is 11.5. The summed E-state index contributed by atoms with van der Waals surface area (Å²) in [5, 5.41) is 3.36. The van der Waals surface area contributed by atoms with Crippen LogP contribution in [-0.4, -0.2) is 31.3 Å². The lowest BCUT2D eigenvalue weighted by atomic mass is 10.0. The molecule has 5 nitrogen and oxygen atoms in total. The van der Waals surface area contributed by atoms with Crippen molar-refractivity contribution in [3.63, 3.8) is 0 Å². The van der Waals surface area contributed by atoms with Crippen LogP contribution < -0.4 is 9.47 Å². The van der Waals surface area contributed by atoms with Gasteiger partial charge < -0.3 is 14.2 Å². The zero-order chi connectivity index (χ0) is 24.2. The molecule has 0 aliphatic carbocycles. The number of aromatic nitrogens is 1. The molecule has 0 N–H and O–H groups in total. The van der Waals surface area contributed by atoms with E-state index >= 15 is 0 Å². The summed E-state index contributed by atoms with van der Waals surface area (Å²) in [5.41, 5.74) is 2.78. The van der Waals surface area contributed by atoms with Gasteiger partial charge in [0.05, 0.1) is 28.9 Å². The Morgan fingerprint density at radius 3 is 2.49 bits per heavy atom. The molecule has 0 spiro atoms. The van der Waals surface area contributed by atoms with E-state index in [0.29, 0.717) is 22.0 Å². The fraction of sp³-hybridized carbons (Fsp3) is 0.103. The summed E-state index contributed by atoms with van der Waals surface area (Å²) in [6.07, 6.45) is 0. The number of hydrogen-bond acceptors (Lipinski definition) is 5. The molecule has 0 aliphatic rings. The SMILES string of the molecule is COc1ccc2cc(-c3cc(C(=O)OCCOc4ccccc4Cl)c4ccccc4n3)ccc2c1. The van der Waals surface area contributed by atoms with Crippen LogP contribution in [0.15, 0.2) is 91.0 Å². The van der Waals surface area contributed by atoms with Gasteiger partial charge in [-0.15, -0.1) is 0 Å². The van der Waals surface area contributed by atoms with Crippen LogP contribution in [0.5, 0.6) is 11.5 Å². The lowest BCUT2D eigenvalue weighted by Crippen LogP contribution is -2.13. The molecule has 0 saturated carbocycles. The van der Waals surface area contributed by atoms with E-state index in [4.69, 9.17) is 30.8 Å². The Hall–Kier alpha value is -4.09. The highest BCUT2D eigenvalue weighted by atomic mass is 35.5. The molecule has 5 aromatic rings. The fourth-order valence-corrected chi connectivity index (χ4v) is 4.12. The molecular formula is C29H22ClNO4. The lowest BCUT2D eigenvalue weighted by molar-refractivity contribution is 0.0453. The minimum absolute atomic E-state index is 0.0911. The van der Waals surface area contributed by atoms with Crippen LogP contribution >= 0.6 is 11.6 Å². The number of fused-ring (bicyclic) bond motifs is 2. The zero-order valence-electron chi connectivity index (χ0n) is 19.0. The van der Waals surface area contributed by atoms with Gasteiger partial charge >= 0.3 is 5.97 Å². The van der Waals surface area contributed by atoms with Crippen molar-refractivity contribution in [3.8, 4) is 22.8 Å². The molecule has 4 aromatic carbocycles. The first-order chi connectivity index (χ1) is 17.1. The molecule has 35 heavy (non-hydrogen) atoms.